The molecule has 1 aromatic rings. The maximum Gasteiger partial charge on any atom is 0.135 e. The van der Waals surface area contributed by atoms with E-state index in [0.717, 1.165) is 35.6 Å². The normalized spacial score (nSPS) is 17.9. The highest BCUT2D eigenvalue weighted by Crippen LogP contribution is 2.28. The zero-order valence-electron chi connectivity index (χ0n) is 8.31. The molecule has 1 aromatic carbocycles. The summed E-state index contributed by atoms with van der Waals surface area (Å²) in [5.41, 5.74) is 2.00. The van der Waals surface area contributed by atoms with Gasteiger partial charge >= 0.3 is 0 Å². The Labute approximate surface area is 88.6 Å². The van der Waals surface area contributed by atoms with Crippen molar-refractivity contribution in [2.75, 3.05) is 0 Å². The van der Waals surface area contributed by atoms with Crippen molar-refractivity contribution in [3.63, 3.8) is 0 Å². The molecule has 3 rings (SSSR count). The van der Waals surface area contributed by atoms with E-state index in [1.54, 1.807) is 0 Å². The van der Waals surface area contributed by atoms with Crippen LogP contribution in [0.15, 0.2) is 52.9 Å². The van der Waals surface area contributed by atoms with Gasteiger partial charge in [-0.1, -0.05) is 18.2 Å². The van der Waals surface area contributed by atoms with Crippen LogP contribution in [0.4, 0.5) is 0 Å². The summed E-state index contributed by atoms with van der Waals surface area (Å²) in [6.07, 6.45) is 8.01. The van der Waals surface area contributed by atoms with Crippen LogP contribution in [0.5, 0.6) is 5.75 Å². The molecule has 1 aliphatic heterocycles. The molecule has 0 aromatic heterocycles. The molecule has 0 bridgehead atoms. The first-order chi connectivity index (χ1) is 7.43. The molecule has 0 fully saturated rings. The second-order valence-electron chi connectivity index (χ2n) is 3.65. The van der Waals surface area contributed by atoms with Crippen LogP contribution >= 0.6 is 0 Å². The summed E-state index contributed by atoms with van der Waals surface area (Å²) < 4.78 is 5.86. The van der Waals surface area contributed by atoms with E-state index in [0.29, 0.717) is 0 Å². The highest BCUT2D eigenvalue weighted by Gasteiger charge is 2.14. The van der Waals surface area contributed by atoms with Crippen molar-refractivity contribution in [2.24, 2.45) is 4.99 Å². The lowest BCUT2D eigenvalue weighted by Gasteiger charge is -2.12. The van der Waals surface area contributed by atoms with E-state index >= 15 is 0 Å². The molecule has 74 valence electrons. The average molecular weight is 197 g/mol. The Kier molecular flexibility index (Phi) is 1.91. The molecule has 1 aliphatic carbocycles. The molecule has 0 atom stereocenters. The van der Waals surface area contributed by atoms with Crippen LogP contribution in [-0.2, 0) is 0 Å². The fourth-order valence-electron chi connectivity index (χ4n) is 1.80. The zero-order chi connectivity index (χ0) is 10.1. The molecular weight excluding hydrogens is 186 g/mol. The van der Waals surface area contributed by atoms with Crippen molar-refractivity contribution in [2.45, 2.75) is 12.8 Å². The lowest BCUT2D eigenvalue weighted by Crippen LogP contribution is -2.00. The molecule has 0 radical (unpaired) electrons. The van der Waals surface area contributed by atoms with E-state index < -0.39 is 0 Å². The van der Waals surface area contributed by atoms with Gasteiger partial charge in [0, 0.05) is 18.2 Å². The van der Waals surface area contributed by atoms with Gasteiger partial charge in [0.05, 0.1) is 0 Å². The van der Waals surface area contributed by atoms with Crippen molar-refractivity contribution < 1.29 is 4.74 Å². The Hall–Kier alpha value is -1.83. The van der Waals surface area contributed by atoms with Crippen LogP contribution in [0.25, 0.3) is 0 Å². The van der Waals surface area contributed by atoms with Gasteiger partial charge in [-0.2, -0.15) is 0 Å². The Morgan fingerprint density at radius 2 is 2.13 bits per heavy atom. The summed E-state index contributed by atoms with van der Waals surface area (Å²) in [5.74, 6) is 1.89. The lowest BCUT2D eigenvalue weighted by atomic mass is 10.1. The quantitative estimate of drug-likeness (QED) is 0.626. The third-order valence-corrected chi connectivity index (χ3v) is 2.59. The monoisotopic (exact) mass is 197 g/mol. The second-order valence-corrected chi connectivity index (χ2v) is 3.65. The van der Waals surface area contributed by atoms with Gasteiger partial charge in [-0.15, -0.1) is 0 Å². The van der Waals surface area contributed by atoms with Crippen LogP contribution in [0.2, 0.25) is 0 Å². The van der Waals surface area contributed by atoms with Gasteiger partial charge in [0.25, 0.3) is 0 Å². The number of aliphatic imine (C=N–C) groups is 1. The summed E-state index contributed by atoms with van der Waals surface area (Å²) in [4.78, 5) is 4.43. The number of hydrogen-bond acceptors (Lipinski definition) is 2. The molecule has 0 saturated heterocycles. The molecule has 0 saturated carbocycles. The number of ether oxygens (including phenoxy) is 1. The minimum absolute atomic E-state index is 0.904. The average Bonchev–Trinajstić information content (AvgIpc) is 2.48. The standard InChI is InChI=1S/C13H11NO/c1-3-7-12-10(5-1)9-14-11-6-2-4-8-13(11)15-12/h1-3,5-7,9H,4,8H2. The number of para-hydroxylation sites is 1. The van der Waals surface area contributed by atoms with E-state index in [-0.39, 0.29) is 0 Å². The second kappa shape index (κ2) is 3.39. The van der Waals surface area contributed by atoms with Gasteiger partial charge in [-0.25, -0.2) is 0 Å². The summed E-state index contributed by atoms with van der Waals surface area (Å²) >= 11 is 0. The van der Waals surface area contributed by atoms with E-state index in [1.807, 2.05) is 36.6 Å². The molecule has 15 heavy (non-hydrogen) atoms. The van der Waals surface area contributed by atoms with Crippen LogP contribution in [-0.4, -0.2) is 6.21 Å². The van der Waals surface area contributed by atoms with Gasteiger partial charge in [0.1, 0.15) is 17.2 Å². The molecule has 1 heterocycles. The van der Waals surface area contributed by atoms with Gasteiger partial charge in [0.15, 0.2) is 0 Å². The first-order valence-corrected chi connectivity index (χ1v) is 5.14. The zero-order valence-corrected chi connectivity index (χ0v) is 8.31. The Morgan fingerprint density at radius 3 is 3.13 bits per heavy atom. The molecule has 2 nitrogen and oxygen atoms in total. The lowest BCUT2D eigenvalue weighted by molar-refractivity contribution is 0.398. The fourth-order valence-corrected chi connectivity index (χ4v) is 1.80. The maximum absolute atomic E-state index is 5.86. The molecule has 0 spiro atoms. The minimum Gasteiger partial charge on any atom is -0.459 e. The van der Waals surface area contributed by atoms with Crippen LogP contribution < -0.4 is 4.74 Å². The Morgan fingerprint density at radius 1 is 1.20 bits per heavy atom. The third-order valence-electron chi connectivity index (χ3n) is 2.59. The Balaban J connectivity index is 2.09. The number of benzene rings is 1. The SMILES string of the molecule is C1=CC2=C(CC1)Oc1ccccc1C=N2. The first-order valence-electron chi connectivity index (χ1n) is 5.14. The van der Waals surface area contributed by atoms with Crippen molar-refractivity contribution in [3.05, 3.63) is 53.4 Å². The predicted molar refractivity (Wildman–Crippen MR) is 60.1 cm³/mol. The number of hydrogen-bond donors (Lipinski definition) is 0. The van der Waals surface area contributed by atoms with Crippen molar-refractivity contribution in [1.82, 2.24) is 0 Å². The highest BCUT2D eigenvalue weighted by atomic mass is 16.5. The molecule has 2 heteroatoms. The van der Waals surface area contributed by atoms with Gasteiger partial charge < -0.3 is 4.74 Å². The van der Waals surface area contributed by atoms with Crippen LogP contribution in [0.1, 0.15) is 18.4 Å². The van der Waals surface area contributed by atoms with Gasteiger partial charge in [0.2, 0.25) is 0 Å². The molecular formula is C13H11NO. The molecule has 0 N–H and O–H groups in total. The van der Waals surface area contributed by atoms with E-state index in [1.165, 1.54) is 0 Å². The molecule has 0 unspecified atom stereocenters. The van der Waals surface area contributed by atoms with Crippen LogP contribution in [0, 0.1) is 0 Å². The van der Waals surface area contributed by atoms with Gasteiger partial charge in [-0.05, 0) is 24.6 Å². The van der Waals surface area contributed by atoms with Gasteiger partial charge in [-0.3, -0.25) is 4.99 Å². The van der Waals surface area contributed by atoms with E-state index in [4.69, 9.17) is 4.74 Å². The number of fused-ring (bicyclic) bond motifs is 1. The van der Waals surface area contributed by atoms with Crippen molar-refractivity contribution in [3.8, 4) is 5.75 Å². The summed E-state index contributed by atoms with van der Waals surface area (Å²) in [5, 5.41) is 0. The first kappa shape index (κ1) is 8.48. The van der Waals surface area contributed by atoms with Crippen molar-refractivity contribution in [1.29, 1.82) is 0 Å². The molecule has 0 amide bonds. The summed E-state index contributed by atoms with van der Waals surface area (Å²) in [6, 6.07) is 7.97. The predicted octanol–water partition coefficient (Wildman–Crippen LogP) is 3.06. The maximum atomic E-state index is 5.86. The summed E-state index contributed by atoms with van der Waals surface area (Å²) in [6.45, 7) is 0. The minimum atomic E-state index is 0.904. The smallest absolute Gasteiger partial charge is 0.135 e. The van der Waals surface area contributed by atoms with Crippen molar-refractivity contribution >= 4 is 6.21 Å². The fraction of sp³-hybridized carbons (Fsp3) is 0.154. The summed E-state index contributed by atoms with van der Waals surface area (Å²) in [7, 11) is 0. The van der Waals surface area contributed by atoms with E-state index in [9.17, 15) is 0 Å². The molecule has 2 aliphatic rings. The third kappa shape index (κ3) is 1.48. The Bertz CT molecular complexity index is 483. The topological polar surface area (TPSA) is 21.6 Å². The number of rotatable bonds is 0. The largest absolute Gasteiger partial charge is 0.459 e. The van der Waals surface area contributed by atoms with Crippen LogP contribution in [0.3, 0.4) is 0 Å². The number of nitrogens with zero attached hydrogens (tertiary/aromatic N) is 1. The van der Waals surface area contributed by atoms with E-state index in [2.05, 4.69) is 11.1 Å². The number of allylic oxidation sites excluding steroid dienone is 3. The highest BCUT2D eigenvalue weighted by molar-refractivity contribution is 5.85.